The highest BCUT2D eigenvalue weighted by Crippen LogP contribution is 2.05. The van der Waals surface area contributed by atoms with Crippen LogP contribution in [0.25, 0.3) is 0 Å². The lowest BCUT2D eigenvalue weighted by atomic mass is 10.1. The van der Waals surface area contributed by atoms with Crippen LogP contribution in [0.3, 0.4) is 0 Å². The van der Waals surface area contributed by atoms with Crippen molar-refractivity contribution in [1.82, 2.24) is 20.0 Å². The zero-order valence-electron chi connectivity index (χ0n) is 11.5. The first kappa shape index (κ1) is 14.2. The number of carboxylic acid groups (broad SMARTS) is 1. The molecular formula is C14H18N4O2. The maximum Gasteiger partial charge on any atom is 0.303 e. The van der Waals surface area contributed by atoms with Gasteiger partial charge in [0.15, 0.2) is 0 Å². The molecule has 0 unspecified atom stereocenters. The SMILES string of the molecule is Cc1cccc(Cn2cc(CCCCC(=O)O)nn2)n1. The zero-order chi connectivity index (χ0) is 14.4. The Morgan fingerprint density at radius 1 is 1.30 bits per heavy atom. The second-order valence-corrected chi connectivity index (χ2v) is 4.78. The summed E-state index contributed by atoms with van der Waals surface area (Å²) in [4.78, 5) is 14.8. The number of carbonyl (C=O) groups is 1. The third kappa shape index (κ3) is 4.46. The Morgan fingerprint density at radius 2 is 2.15 bits per heavy atom. The van der Waals surface area contributed by atoms with E-state index in [4.69, 9.17) is 5.11 Å². The minimum Gasteiger partial charge on any atom is -0.481 e. The fourth-order valence-corrected chi connectivity index (χ4v) is 1.97. The molecule has 0 aromatic carbocycles. The molecule has 2 rings (SSSR count). The molecule has 20 heavy (non-hydrogen) atoms. The highest BCUT2D eigenvalue weighted by atomic mass is 16.4. The van der Waals surface area contributed by atoms with Crippen molar-refractivity contribution in [2.24, 2.45) is 0 Å². The Morgan fingerprint density at radius 3 is 2.90 bits per heavy atom. The van der Waals surface area contributed by atoms with E-state index >= 15 is 0 Å². The standard InChI is InChI=1S/C14H18N4O2/c1-11-5-4-7-12(15-11)9-18-10-13(16-17-18)6-2-3-8-14(19)20/h4-5,7,10H,2-3,6,8-9H2,1H3,(H,19,20). The van der Waals surface area contributed by atoms with E-state index in [1.54, 1.807) is 4.68 Å². The molecule has 0 fully saturated rings. The number of aryl methyl sites for hydroxylation is 2. The van der Waals surface area contributed by atoms with Gasteiger partial charge in [0.05, 0.1) is 17.9 Å². The molecule has 0 atom stereocenters. The first-order valence-corrected chi connectivity index (χ1v) is 6.67. The Balaban J connectivity index is 1.84. The van der Waals surface area contributed by atoms with E-state index in [9.17, 15) is 4.79 Å². The molecule has 0 saturated carbocycles. The molecule has 0 saturated heterocycles. The van der Waals surface area contributed by atoms with Crippen molar-refractivity contribution >= 4 is 5.97 Å². The van der Waals surface area contributed by atoms with Gasteiger partial charge in [-0.1, -0.05) is 11.3 Å². The number of carboxylic acids is 1. The maximum atomic E-state index is 10.4. The smallest absolute Gasteiger partial charge is 0.303 e. The summed E-state index contributed by atoms with van der Waals surface area (Å²) in [6, 6.07) is 5.89. The van der Waals surface area contributed by atoms with Crippen LogP contribution < -0.4 is 0 Å². The maximum absolute atomic E-state index is 10.4. The van der Waals surface area contributed by atoms with Gasteiger partial charge in [-0.05, 0) is 38.3 Å². The molecule has 6 nitrogen and oxygen atoms in total. The quantitative estimate of drug-likeness (QED) is 0.779. The summed E-state index contributed by atoms with van der Waals surface area (Å²) in [5, 5.41) is 16.7. The summed E-state index contributed by atoms with van der Waals surface area (Å²) in [5.41, 5.74) is 2.83. The van der Waals surface area contributed by atoms with Crippen molar-refractivity contribution in [2.45, 2.75) is 39.2 Å². The molecule has 2 aromatic heterocycles. The predicted octanol–water partition coefficient (Wildman–Crippen LogP) is 1.83. The molecule has 0 aliphatic carbocycles. The van der Waals surface area contributed by atoms with Gasteiger partial charge in [0, 0.05) is 18.3 Å². The van der Waals surface area contributed by atoms with Crippen molar-refractivity contribution in [3.05, 3.63) is 41.5 Å². The molecule has 6 heteroatoms. The summed E-state index contributed by atoms with van der Waals surface area (Å²) >= 11 is 0. The molecule has 2 heterocycles. The third-order valence-electron chi connectivity index (χ3n) is 2.93. The van der Waals surface area contributed by atoms with E-state index < -0.39 is 5.97 Å². The van der Waals surface area contributed by atoms with Gasteiger partial charge >= 0.3 is 5.97 Å². The molecule has 0 radical (unpaired) electrons. The number of nitrogens with zero attached hydrogens (tertiary/aromatic N) is 4. The van der Waals surface area contributed by atoms with E-state index in [1.807, 2.05) is 31.3 Å². The largest absolute Gasteiger partial charge is 0.481 e. The predicted molar refractivity (Wildman–Crippen MR) is 73.3 cm³/mol. The summed E-state index contributed by atoms with van der Waals surface area (Å²) in [7, 11) is 0. The van der Waals surface area contributed by atoms with Gasteiger partial charge in [-0.2, -0.15) is 0 Å². The average molecular weight is 274 g/mol. The van der Waals surface area contributed by atoms with Crippen molar-refractivity contribution in [3.63, 3.8) is 0 Å². The molecule has 0 bridgehead atoms. The van der Waals surface area contributed by atoms with Crippen LogP contribution in [-0.4, -0.2) is 31.1 Å². The number of aromatic nitrogens is 4. The molecule has 1 N–H and O–H groups in total. The summed E-state index contributed by atoms with van der Waals surface area (Å²) in [6.07, 6.45) is 4.34. The molecule has 106 valence electrons. The third-order valence-corrected chi connectivity index (χ3v) is 2.93. The van der Waals surface area contributed by atoms with Gasteiger partial charge in [-0.3, -0.25) is 9.78 Å². The van der Waals surface area contributed by atoms with Crippen LogP contribution in [0.5, 0.6) is 0 Å². The highest BCUT2D eigenvalue weighted by molar-refractivity contribution is 5.66. The van der Waals surface area contributed by atoms with Crippen LogP contribution in [0.4, 0.5) is 0 Å². The molecule has 0 aliphatic heterocycles. The summed E-state index contributed by atoms with van der Waals surface area (Å²) < 4.78 is 1.76. The normalized spacial score (nSPS) is 10.7. The van der Waals surface area contributed by atoms with Crippen LogP contribution in [0, 0.1) is 6.92 Å². The zero-order valence-corrected chi connectivity index (χ0v) is 11.5. The monoisotopic (exact) mass is 274 g/mol. The second-order valence-electron chi connectivity index (χ2n) is 4.78. The highest BCUT2D eigenvalue weighted by Gasteiger charge is 2.04. The van der Waals surface area contributed by atoms with Crippen LogP contribution in [0.15, 0.2) is 24.4 Å². The molecule has 0 amide bonds. The lowest BCUT2D eigenvalue weighted by Crippen LogP contribution is -2.03. The van der Waals surface area contributed by atoms with Crippen LogP contribution in [0.1, 0.15) is 36.3 Å². The Bertz CT molecular complexity index is 580. The molecule has 0 spiro atoms. The van der Waals surface area contributed by atoms with Gasteiger partial charge in [-0.25, -0.2) is 4.68 Å². The minimum absolute atomic E-state index is 0.210. The first-order chi connectivity index (χ1) is 9.63. The van der Waals surface area contributed by atoms with E-state index in [2.05, 4.69) is 15.3 Å². The number of hydrogen-bond acceptors (Lipinski definition) is 4. The minimum atomic E-state index is -0.751. The van der Waals surface area contributed by atoms with E-state index in [0.29, 0.717) is 13.0 Å². The Labute approximate surface area is 117 Å². The first-order valence-electron chi connectivity index (χ1n) is 6.67. The van der Waals surface area contributed by atoms with Crippen LogP contribution in [-0.2, 0) is 17.8 Å². The number of hydrogen-bond donors (Lipinski definition) is 1. The van der Waals surface area contributed by atoms with Crippen molar-refractivity contribution < 1.29 is 9.90 Å². The molecular weight excluding hydrogens is 256 g/mol. The number of aliphatic carboxylic acids is 1. The Kier molecular flexibility index (Phi) is 4.81. The van der Waals surface area contributed by atoms with Crippen molar-refractivity contribution in [1.29, 1.82) is 0 Å². The summed E-state index contributed by atoms with van der Waals surface area (Å²) in [5.74, 6) is -0.751. The van der Waals surface area contributed by atoms with Gasteiger partial charge < -0.3 is 5.11 Å². The number of pyridine rings is 1. The second kappa shape index (κ2) is 6.79. The van der Waals surface area contributed by atoms with Crippen molar-refractivity contribution in [3.8, 4) is 0 Å². The number of unbranched alkanes of at least 4 members (excludes halogenated alkanes) is 1. The molecule has 0 aliphatic rings. The lowest BCUT2D eigenvalue weighted by Gasteiger charge is -2.00. The van der Waals surface area contributed by atoms with E-state index in [1.165, 1.54) is 0 Å². The van der Waals surface area contributed by atoms with Crippen LogP contribution >= 0.6 is 0 Å². The van der Waals surface area contributed by atoms with E-state index in [-0.39, 0.29) is 6.42 Å². The Hall–Kier alpha value is -2.24. The van der Waals surface area contributed by atoms with Gasteiger partial charge in [0.2, 0.25) is 0 Å². The summed E-state index contributed by atoms with van der Waals surface area (Å²) in [6.45, 7) is 2.56. The lowest BCUT2D eigenvalue weighted by molar-refractivity contribution is -0.137. The topological polar surface area (TPSA) is 80.9 Å². The van der Waals surface area contributed by atoms with Crippen LogP contribution in [0.2, 0.25) is 0 Å². The average Bonchev–Trinajstić information content (AvgIpc) is 2.82. The fraction of sp³-hybridized carbons (Fsp3) is 0.429. The fourth-order valence-electron chi connectivity index (χ4n) is 1.97. The van der Waals surface area contributed by atoms with Gasteiger partial charge in [0.25, 0.3) is 0 Å². The number of rotatable bonds is 7. The van der Waals surface area contributed by atoms with Crippen molar-refractivity contribution in [2.75, 3.05) is 0 Å². The van der Waals surface area contributed by atoms with E-state index in [0.717, 1.165) is 29.9 Å². The van der Waals surface area contributed by atoms with Gasteiger partial charge in [-0.15, -0.1) is 5.10 Å². The molecule has 2 aromatic rings. The van der Waals surface area contributed by atoms with Gasteiger partial charge in [0.1, 0.15) is 0 Å².